The Bertz CT molecular complexity index is 649. The number of hydrogen-bond acceptors (Lipinski definition) is 5. The summed E-state index contributed by atoms with van der Waals surface area (Å²) in [5.41, 5.74) is 0.111. The van der Waals surface area contributed by atoms with Gasteiger partial charge in [-0.3, -0.25) is 4.79 Å². The molecule has 0 saturated heterocycles. The molecular formula is C14H14F2N2O3S. The van der Waals surface area contributed by atoms with Gasteiger partial charge in [0.25, 0.3) is 5.91 Å². The highest BCUT2D eigenvalue weighted by molar-refractivity contribution is 7.98. The summed E-state index contributed by atoms with van der Waals surface area (Å²) in [6, 6.07) is 3.61. The van der Waals surface area contributed by atoms with Gasteiger partial charge in [-0.05, 0) is 18.4 Å². The second kappa shape index (κ2) is 7.79. The summed E-state index contributed by atoms with van der Waals surface area (Å²) in [6.45, 7) is 0.311. The molecule has 0 aliphatic rings. The smallest absolute Gasteiger partial charge is 0.273 e. The number of ether oxygens (including phenoxy) is 1. The van der Waals surface area contributed by atoms with E-state index >= 15 is 0 Å². The minimum absolute atomic E-state index is 0.0960. The van der Waals surface area contributed by atoms with Crippen molar-refractivity contribution in [3.63, 3.8) is 0 Å². The minimum atomic E-state index is -1.08. The van der Waals surface area contributed by atoms with Gasteiger partial charge in [0.1, 0.15) is 6.26 Å². The zero-order valence-corrected chi connectivity index (χ0v) is 12.6. The quantitative estimate of drug-likeness (QED) is 0.792. The number of nitrogens with one attached hydrogen (secondary N) is 1. The van der Waals surface area contributed by atoms with Gasteiger partial charge in [0.2, 0.25) is 11.7 Å². The number of nitrogens with zero attached hydrogens (tertiary/aromatic N) is 1. The molecule has 0 radical (unpaired) electrons. The maximum absolute atomic E-state index is 13.4. The van der Waals surface area contributed by atoms with Crippen molar-refractivity contribution in [2.75, 3.05) is 18.6 Å². The van der Waals surface area contributed by atoms with Gasteiger partial charge in [0, 0.05) is 12.3 Å². The fourth-order valence-electron chi connectivity index (χ4n) is 1.57. The molecule has 0 aliphatic carbocycles. The monoisotopic (exact) mass is 328 g/mol. The van der Waals surface area contributed by atoms with E-state index in [1.165, 1.54) is 18.4 Å². The topological polar surface area (TPSA) is 64.4 Å². The molecule has 1 heterocycles. The highest BCUT2D eigenvalue weighted by atomic mass is 32.2. The minimum Gasteiger partial charge on any atom is -0.481 e. The fourth-order valence-corrected chi connectivity index (χ4v) is 1.88. The lowest BCUT2D eigenvalue weighted by Gasteiger charge is -2.04. The van der Waals surface area contributed by atoms with Crippen LogP contribution in [-0.2, 0) is 6.61 Å². The number of rotatable bonds is 7. The molecular weight excluding hydrogens is 314 g/mol. The molecule has 0 unspecified atom stereocenters. The molecule has 0 atom stereocenters. The first kappa shape index (κ1) is 16.3. The van der Waals surface area contributed by atoms with Crippen molar-refractivity contribution in [2.45, 2.75) is 6.61 Å². The molecule has 2 aromatic rings. The van der Waals surface area contributed by atoms with E-state index in [4.69, 9.17) is 9.15 Å². The number of hydrogen-bond donors (Lipinski definition) is 1. The molecule has 0 saturated carbocycles. The Morgan fingerprint density at radius 1 is 1.45 bits per heavy atom. The third-order valence-corrected chi connectivity index (χ3v) is 3.26. The van der Waals surface area contributed by atoms with Crippen molar-refractivity contribution in [1.82, 2.24) is 10.3 Å². The average Bonchev–Trinajstić information content (AvgIpc) is 2.98. The van der Waals surface area contributed by atoms with E-state index in [0.717, 1.165) is 11.8 Å². The molecule has 0 spiro atoms. The standard InChI is InChI=1S/C14H14F2N2O3S/c1-22-6-5-17-14(19)10-7-21-12(18-10)8-20-11-4-2-3-9(15)13(11)16/h2-4,7H,5-6,8H2,1H3,(H,17,19). The van der Waals surface area contributed by atoms with E-state index in [1.54, 1.807) is 11.8 Å². The van der Waals surface area contributed by atoms with Gasteiger partial charge in [-0.2, -0.15) is 16.2 Å². The van der Waals surface area contributed by atoms with E-state index in [0.29, 0.717) is 6.54 Å². The summed E-state index contributed by atoms with van der Waals surface area (Å²) >= 11 is 1.61. The second-order valence-electron chi connectivity index (χ2n) is 4.22. The Morgan fingerprint density at radius 3 is 3.05 bits per heavy atom. The van der Waals surface area contributed by atoms with E-state index in [-0.39, 0.29) is 29.8 Å². The van der Waals surface area contributed by atoms with Crippen molar-refractivity contribution in [1.29, 1.82) is 0 Å². The summed E-state index contributed by atoms with van der Waals surface area (Å²) in [6.07, 6.45) is 3.12. The lowest BCUT2D eigenvalue weighted by molar-refractivity contribution is 0.0951. The summed E-state index contributed by atoms with van der Waals surface area (Å²) in [4.78, 5) is 15.6. The molecule has 1 amide bonds. The predicted molar refractivity (Wildman–Crippen MR) is 77.9 cm³/mol. The van der Waals surface area contributed by atoms with Gasteiger partial charge in [0.05, 0.1) is 0 Å². The Labute approximate surface area is 130 Å². The Balaban J connectivity index is 1.92. The number of carbonyl (C=O) groups excluding carboxylic acids is 1. The lowest BCUT2D eigenvalue weighted by atomic mass is 10.3. The summed E-state index contributed by atoms with van der Waals surface area (Å²) in [7, 11) is 0. The lowest BCUT2D eigenvalue weighted by Crippen LogP contribution is -2.26. The maximum Gasteiger partial charge on any atom is 0.273 e. The Morgan fingerprint density at radius 2 is 2.27 bits per heavy atom. The van der Waals surface area contributed by atoms with Crippen LogP contribution in [0, 0.1) is 11.6 Å². The van der Waals surface area contributed by atoms with Crippen LogP contribution in [-0.4, -0.2) is 29.4 Å². The zero-order valence-electron chi connectivity index (χ0n) is 11.8. The van der Waals surface area contributed by atoms with Crippen LogP contribution in [0.3, 0.4) is 0 Å². The van der Waals surface area contributed by atoms with Crippen molar-refractivity contribution in [2.24, 2.45) is 0 Å². The number of carbonyl (C=O) groups is 1. The van der Waals surface area contributed by atoms with Crippen molar-refractivity contribution < 1.29 is 22.7 Å². The molecule has 1 N–H and O–H groups in total. The Hall–Kier alpha value is -2.09. The molecule has 118 valence electrons. The van der Waals surface area contributed by atoms with Crippen LogP contribution in [0.2, 0.25) is 0 Å². The van der Waals surface area contributed by atoms with E-state index in [2.05, 4.69) is 10.3 Å². The summed E-state index contributed by atoms with van der Waals surface area (Å²) < 4.78 is 36.6. The first-order valence-electron chi connectivity index (χ1n) is 6.40. The molecule has 1 aromatic carbocycles. The highest BCUT2D eigenvalue weighted by Gasteiger charge is 2.14. The van der Waals surface area contributed by atoms with E-state index in [9.17, 15) is 13.6 Å². The molecule has 22 heavy (non-hydrogen) atoms. The van der Waals surface area contributed by atoms with Gasteiger partial charge >= 0.3 is 0 Å². The predicted octanol–water partition coefficient (Wildman–Crippen LogP) is 2.62. The van der Waals surface area contributed by atoms with Crippen LogP contribution in [0.4, 0.5) is 8.78 Å². The molecule has 5 nitrogen and oxygen atoms in total. The van der Waals surface area contributed by atoms with Crippen molar-refractivity contribution in [3.8, 4) is 5.75 Å². The van der Waals surface area contributed by atoms with E-state index in [1.807, 2.05) is 6.26 Å². The summed E-state index contributed by atoms with van der Waals surface area (Å²) in [5, 5.41) is 2.67. The SMILES string of the molecule is CSCCNC(=O)c1coc(COc2cccc(F)c2F)n1. The number of aromatic nitrogens is 1. The third kappa shape index (κ3) is 4.20. The average molecular weight is 328 g/mol. The highest BCUT2D eigenvalue weighted by Crippen LogP contribution is 2.20. The van der Waals surface area contributed by atoms with Crippen molar-refractivity contribution >= 4 is 17.7 Å². The van der Waals surface area contributed by atoms with Gasteiger partial charge < -0.3 is 14.5 Å². The molecule has 8 heteroatoms. The number of thioether (sulfide) groups is 1. The Kier molecular flexibility index (Phi) is 5.76. The van der Waals surface area contributed by atoms with Crippen molar-refractivity contribution in [3.05, 3.63) is 47.7 Å². The van der Waals surface area contributed by atoms with Gasteiger partial charge in [-0.25, -0.2) is 9.37 Å². The maximum atomic E-state index is 13.4. The number of halogens is 2. The molecule has 2 rings (SSSR count). The zero-order chi connectivity index (χ0) is 15.9. The molecule has 0 fully saturated rings. The first-order chi connectivity index (χ1) is 10.6. The van der Waals surface area contributed by atoms with Gasteiger partial charge in [-0.1, -0.05) is 6.07 Å². The van der Waals surface area contributed by atoms with Crippen LogP contribution >= 0.6 is 11.8 Å². The van der Waals surface area contributed by atoms with Crippen LogP contribution in [0.15, 0.2) is 28.9 Å². The molecule has 0 bridgehead atoms. The van der Waals surface area contributed by atoms with Crippen LogP contribution in [0.1, 0.15) is 16.4 Å². The number of benzene rings is 1. The largest absolute Gasteiger partial charge is 0.481 e. The number of oxazole rings is 1. The normalized spacial score (nSPS) is 10.5. The molecule has 1 aromatic heterocycles. The first-order valence-corrected chi connectivity index (χ1v) is 7.79. The number of amides is 1. The van der Waals surface area contributed by atoms with Gasteiger partial charge in [0.15, 0.2) is 23.9 Å². The van der Waals surface area contributed by atoms with Crippen LogP contribution in [0.5, 0.6) is 5.75 Å². The van der Waals surface area contributed by atoms with Gasteiger partial charge in [-0.15, -0.1) is 0 Å². The third-order valence-electron chi connectivity index (χ3n) is 2.64. The van der Waals surface area contributed by atoms with Crippen LogP contribution < -0.4 is 10.1 Å². The van der Waals surface area contributed by atoms with Crippen LogP contribution in [0.25, 0.3) is 0 Å². The fraction of sp³-hybridized carbons (Fsp3) is 0.286. The van der Waals surface area contributed by atoms with E-state index < -0.39 is 11.6 Å². The molecule has 0 aliphatic heterocycles. The second-order valence-corrected chi connectivity index (χ2v) is 5.20. The summed E-state index contributed by atoms with van der Waals surface area (Å²) in [5.74, 6) is -1.80.